The topological polar surface area (TPSA) is 75.3 Å². The van der Waals surface area contributed by atoms with Gasteiger partial charge in [-0.05, 0) is 18.6 Å². The summed E-state index contributed by atoms with van der Waals surface area (Å²) in [5, 5.41) is 9.69. The van der Waals surface area contributed by atoms with Crippen LogP contribution in [0.3, 0.4) is 0 Å². The lowest BCUT2D eigenvalue weighted by Gasteiger charge is -2.28. The molecule has 20 heavy (non-hydrogen) atoms. The number of pyridine rings is 1. The van der Waals surface area contributed by atoms with Crippen LogP contribution in [0.1, 0.15) is 18.4 Å². The second-order valence-electron chi connectivity index (χ2n) is 4.37. The first kappa shape index (κ1) is 14.3. The number of allylic oxidation sites excluding steroid dienone is 1. The Bertz CT molecular complexity index is 632. The number of rotatable bonds is 2. The Morgan fingerprint density at radius 1 is 1.55 bits per heavy atom. The molecule has 0 bridgehead atoms. The van der Waals surface area contributed by atoms with Crippen LogP contribution in [0.2, 0.25) is 0 Å². The molecule has 2 heterocycles. The molecule has 0 aromatic carbocycles. The zero-order chi connectivity index (χ0) is 14.7. The monoisotopic (exact) mass is 287 g/mol. The maximum Gasteiger partial charge on any atom is 0.315 e. The van der Waals surface area contributed by atoms with Crippen molar-refractivity contribution in [2.24, 2.45) is 10.9 Å². The van der Waals surface area contributed by atoms with Gasteiger partial charge in [-0.3, -0.25) is 9.78 Å². The SMILES string of the molecule is COC(=O)C1C(C)=NC(S)=C(C#N)[C@@H]1c1cccnc1. The maximum absolute atomic E-state index is 12.0. The Labute approximate surface area is 122 Å². The first-order chi connectivity index (χ1) is 9.60. The highest BCUT2D eigenvalue weighted by molar-refractivity contribution is 7.84. The standard InChI is InChI=1S/C14H13N3O2S/c1-8-11(14(18)19-2)12(9-4-3-5-16-7-9)10(6-15)13(20)17-8/h3-5,7,11-12,20H,1-2H3/t11?,12-/m0/s1. The van der Waals surface area contributed by atoms with Crippen molar-refractivity contribution in [3.05, 3.63) is 40.7 Å². The van der Waals surface area contributed by atoms with E-state index in [0.29, 0.717) is 16.3 Å². The van der Waals surface area contributed by atoms with Crippen LogP contribution in [0, 0.1) is 17.2 Å². The Hall–Kier alpha value is -2.13. The molecule has 1 aromatic rings. The fourth-order valence-electron chi connectivity index (χ4n) is 2.32. The minimum atomic E-state index is -0.630. The number of carbonyl (C=O) groups is 1. The highest BCUT2D eigenvalue weighted by Gasteiger charge is 2.39. The predicted molar refractivity (Wildman–Crippen MR) is 77.2 cm³/mol. The summed E-state index contributed by atoms with van der Waals surface area (Å²) in [5.74, 6) is -1.52. The highest BCUT2D eigenvalue weighted by Crippen LogP contribution is 2.39. The van der Waals surface area contributed by atoms with Crippen LogP contribution < -0.4 is 0 Å². The zero-order valence-corrected chi connectivity index (χ0v) is 12.0. The van der Waals surface area contributed by atoms with E-state index in [9.17, 15) is 10.1 Å². The van der Waals surface area contributed by atoms with Crippen molar-refractivity contribution in [3.63, 3.8) is 0 Å². The van der Waals surface area contributed by atoms with E-state index in [1.807, 2.05) is 6.07 Å². The minimum absolute atomic E-state index is 0.332. The Kier molecular flexibility index (Phi) is 4.20. The molecule has 0 spiro atoms. The van der Waals surface area contributed by atoms with Crippen molar-refractivity contribution < 1.29 is 9.53 Å². The Morgan fingerprint density at radius 3 is 2.85 bits per heavy atom. The van der Waals surface area contributed by atoms with Crippen molar-refractivity contribution in [2.45, 2.75) is 12.8 Å². The van der Waals surface area contributed by atoms with Crippen LogP contribution >= 0.6 is 12.6 Å². The number of hydrogen-bond donors (Lipinski definition) is 1. The highest BCUT2D eigenvalue weighted by atomic mass is 32.1. The number of aliphatic imine (C=N–C) groups is 1. The summed E-state index contributed by atoms with van der Waals surface area (Å²) < 4.78 is 4.84. The van der Waals surface area contributed by atoms with E-state index < -0.39 is 17.8 Å². The van der Waals surface area contributed by atoms with E-state index in [1.165, 1.54) is 7.11 Å². The Balaban J connectivity index is 2.60. The second-order valence-corrected chi connectivity index (χ2v) is 4.79. The van der Waals surface area contributed by atoms with Gasteiger partial charge in [-0.1, -0.05) is 6.07 Å². The summed E-state index contributed by atoms with van der Waals surface area (Å²) in [7, 11) is 1.32. The summed E-state index contributed by atoms with van der Waals surface area (Å²) in [5.41, 5.74) is 1.69. The Morgan fingerprint density at radius 2 is 2.30 bits per heavy atom. The molecule has 1 aromatic heterocycles. The lowest BCUT2D eigenvalue weighted by Crippen LogP contribution is -2.33. The summed E-state index contributed by atoms with van der Waals surface area (Å²) in [6.07, 6.45) is 3.27. The molecule has 2 rings (SSSR count). The van der Waals surface area contributed by atoms with Gasteiger partial charge < -0.3 is 4.74 Å². The number of thiol groups is 1. The van der Waals surface area contributed by atoms with Crippen molar-refractivity contribution in [2.75, 3.05) is 7.11 Å². The number of esters is 1. The average Bonchev–Trinajstić information content (AvgIpc) is 2.46. The van der Waals surface area contributed by atoms with E-state index in [-0.39, 0.29) is 0 Å². The molecule has 5 nitrogen and oxygen atoms in total. The molecular formula is C14H13N3O2S. The lowest BCUT2D eigenvalue weighted by molar-refractivity contribution is -0.143. The van der Waals surface area contributed by atoms with Crippen LogP contribution in [0.5, 0.6) is 0 Å². The third kappa shape index (κ3) is 2.45. The van der Waals surface area contributed by atoms with Crippen LogP contribution in [0.25, 0.3) is 0 Å². The smallest absolute Gasteiger partial charge is 0.315 e. The fraction of sp³-hybridized carbons (Fsp3) is 0.286. The van der Waals surface area contributed by atoms with Gasteiger partial charge >= 0.3 is 5.97 Å². The molecular weight excluding hydrogens is 274 g/mol. The van der Waals surface area contributed by atoms with Gasteiger partial charge in [0, 0.05) is 24.0 Å². The fourth-order valence-corrected chi connectivity index (χ4v) is 2.66. The summed E-state index contributed by atoms with van der Waals surface area (Å²) in [6.45, 7) is 1.73. The molecule has 102 valence electrons. The molecule has 6 heteroatoms. The van der Waals surface area contributed by atoms with Crippen molar-refractivity contribution >= 4 is 24.3 Å². The number of nitriles is 1. The number of carbonyl (C=O) groups excluding carboxylic acids is 1. The molecule has 0 N–H and O–H groups in total. The number of nitrogens with zero attached hydrogens (tertiary/aromatic N) is 3. The van der Waals surface area contributed by atoms with E-state index in [1.54, 1.807) is 25.4 Å². The minimum Gasteiger partial charge on any atom is -0.468 e. The largest absolute Gasteiger partial charge is 0.468 e. The van der Waals surface area contributed by atoms with Crippen LogP contribution in [-0.2, 0) is 9.53 Å². The summed E-state index contributed by atoms with van der Waals surface area (Å²) in [4.78, 5) is 20.3. The molecule has 0 fully saturated rings. The van der Waals surface area contributed by atoms with Gasteiger partial charge in [-0.25, -0.2) is 4.99 Å². The van der Waals surface area contributed by atoms with Crippen molar-refractivity contribution in [1.29, 1.82) is 5.26 Å². The number of aromatic nitrogens is 1. The first-order valence-corrected chi connectivity index (χ1v) is 6.41. The number of hydrogen-bond acceptors (Lipinski definition) is 6. The van der Waals surface area contributed by atoms with Gasteiger partial charge in [-0.15, -0.1) is 12.6 Å². The molecule has 0 amide bonds. The van der Waals surface area contributed by atoms with Crippen molar-refractivity contribution in [3.8, 4) is 6.07 Å². The van der Waals surface area contributed by atoms with Crippen LogP contribution in [-0.4, -0.2) is 23.8 Å². The van der Waals surface area contributed by atoms with E-state index in [0.717, 1.165) is 5.56 Å². The van der Waals surface area contributed by atoms with Gasteiger partial charge in [0.2, 0.25) is 0 Å². The molecule has 1 aliphatic heterocycles. The lowest BCUT2D eigenvalue weighted by atomic mass is 9.78. The summed E-state index contributed by atoms with van der Waals surface area (Å²) in [6, 6.07) is 5.68. The predicted octanol–water partition coefficient (Wildman–Crippen LogP) is 2.09. The van der Waals surface area contributed by atoms with E-state index in [2.05, 4.69) is 28.7 Å². The van der Waals surface area contributed by atoms with E-state index >= 15 is 0 Å². The van der Waals surface area contributed by atoms with Gasteiger partial charge in [-0.2, -0.15) is 5.26 Å². The molecule has 2 atom stereocenters. The molecule has 0 saturated heterocycles. The second kappa shape index (κ2) is 5.88. The van der Waals surface area contributed by atoms with Gasteiger partial charge in [0.1, 0.15) is 10.9 Å². The third-order valence-electron chi connectivity index (χ3n) is 3.24. The molecule has 0 aliphatic carbocycles. The third-order valence-corrected chi connectivity index (χ3v) is 3.58. The van der Waals surface area contributed by atoms with Gasteiger partial charge in [0.15, 0.2) is 0 Å². The number of methoxy groups -OCH3 is 1. The maximum atomic E-state index is 12.0. The van der Waals surface area contributed by atoms with E-state index in [4.69, 9.17) is 4.74 Å². The molecule has 0 saturated carbocycles. The number of ether oxygens (including phenoxy) is 1. The van der Waals surface area contributed by atoms with Crippen LogP contribution in [0.15, 0.2) is 40.1 Å². The normalized spacial score (nSPS) is 22.0. The van der Waals surface area contributed by atoms with Crippen LogP contribution in [0.4, 0.5) is 0 Å². The zero-order valence-electron chi connectivity index (χ0n) is 11.1. The van der Waals surface area contributed by atoms with Gasteiger partial charge in [0.25, 0.3) is 0 Å². The molecule has 1 unspecified atom stereocenters. The van der Waals surface area contributed by atoms with Gasteiger partial charge in [0.05, 0.1) is 18.8 Å². The molecule has 1 aliphatic rings. The molecule has 0 radical (unpaired) electrons. The summed E-state index contributed by atoms with van der Waals surface area (Å²) >= 11 is 4.24. The first-order valence-electron chi connectivity index (χ1n) is 5.96. The quantitative estimate of drug-likeness (QED) is 0.667. The average molecular weight is 287 g/mol. The van der Waals surface area contributed by atoms with Crippen molar-refractivity contribution in [1.82, 2.24) is 4.98 Å².